The Labute approximate surface area is 266 Å². The number of carbonyl (C=O) groups excluding carboxylic acids is 2. The molecule has 2 aliphatic heterocycles. The van der Waals surface area contributed by atoms with Gasteiger partial charge in [0.25, 0.3) is 0 Å². The molecule has 12 nitrogen and oxygen atoms in total. The van der Waals surface area contributed by atoms with E-state index in [-0.39, 0.29) is 24.3 Å². The second-order valence-corrected chi connectivity index (χ2v) is 14.2. The first-order valence-corrected chi connectivity index (χ1v) is 15.9. The fourth-order valence-electron chi connectivity index (χ4n) is 6.28. The van der Waals surface area contributed by atoms with Crippen LogP contribution in [0.5, 0.6) is 0 Å². The number of amides is 2. The van der Waals surface area contributed by atoms with Crippen LogP contribution >= 0.6 is 0 Å². The molecular formula is C34H40N6O6. The van der Waals surface area contributed by atoms with Gasteiger partial charge in [-0.1, -0.05) is 0 Å². The van der Waals surface area contributed by atoms with Crippen LogP contribution in [0.3, 0.4) is 0 Å². The van der Waals surface area contributed by atoms with Crippen molar-refractivity contribution in [2.24, 2.45) is 0 Å². The molecule has 2 N–H and O–H groups in total. The van der Waals surface area contributed by atoms with Gasteiger partial charge >= 0.3 is 12.2 Å². The van der Waals surface area contributed by atoms with Crippen molar-refractivity contribution < 1.29 is 27.9 Å². The van der Waals surface area contributed by atoms with Crippen molar-refractivity contribution >= 4 is 34.1 Å². The number of nitrogens with zero attached hydrogens (tertiary/aromatic N) is 4. The van der Waals surface area contributed by atoms with Gasteiger partial charge in [0.1, 0.15) is 45.4 Å². The molecule has 2 aliphatic rings. The number of imidazole rings is 2. The van der Waals surface area contributed by atoms with Crippen LogP contribution in [0.25, 0.3) is 44.8 Å². The number of H-pyrrole nitrogens is 2. The van der Waals surface area contributed by atoms with Gasteiger partial charge < -0.3 is 28.3 Å². The van der Waals surface area contributed by atoms with Crippen LogP contribution < -0.4 is 0 Å². The predicted octanol–water partition coefficient (Wildman–Crippen LogP) is 8.10. The van der Waals surface area contributed by atoms with Crippen molar-refractivity contribution in [3.8, 4) is 22.9 Å². The van der Waals surface area contributed by atoms with Gasteiger partial charge in [0.05, 0.1) is 24.5 Å². The van der Waals surface area contributed by atoms with E-state index in [1.807, 2.05) is 65.8 Å². The van der Waals surface area contributed by atoms with Crippen molar-refractivity contribution in [2.45, 2.75) is 90.5 Å². The molecule has 0 aliphatic carbocycles. The highest BCUT2D eigenvalue weighted by Gasteiger charge is 2.36. The summed E-state index contributed by atoms with van der Waals surface area (Å²) in [5.41, 5.74) is 1.77. The second-order valence-electron chi connectivity index (χ2n) is 14.2. The van der Waals surface area contributed by atoms with E-state index in [1.54, 1.807) is 22.2 Å². The Hall–Kier alpha value is -4.74. The van der Waals surface area contributed by atoms with Crippen molar-refractivity contribution in [3.63, 3.8) is 0 Å². The molecule has 2 amide bonds. The number of ether oxygens (including phenoxy) is 2. The van der Waals surface area contributed by atoms with Crippen LogP contribution in [-0.4, -0.2) is 66.2 Å². The highest BCUT2D eigenvalue weighted by atomic mass is 16.6. The first-order valence-electron chi connectivity index (χ1n) is 15.9. The molecule has 2 saturated heterocycles. The van der Waals surface area contributed by atoms with Gasteiger partial charge in [0.15, 0.2) is 11.5 Å². The molecule has 0 unspecified atom stereocenters. The van der Waals surface area contributed by atoms with Crippen molar-refractivity contribution in [3.05, 3.63) is 48.3 Å². The molecule has 0 spiro atoms. The molecule has 0 radical (unpaired) electrons. The van der Waals surface area contributed by atoms with Gasteiger partial charge in [-0.15, -0.1) is 0 Å². The quantitative estimate of drug-likeness (QED) is 0.203. The summed E-state index contributed by atoms with van der Waals surface area (Å²) in [7, 11) is 0. The molecule has 1 aromatic carbocycles. The number of hydrogen-bond donors (Lipinski definition) is 2. The summed E-state index contributed by atoms with van der Waals surface area (Å²) in [4.78, 5) is 45.0. The van der Waals surface area contributed by atoms with Crippen LogP contribution in [0.1, 0.15) is 91.0 Å². The number of hydrogen-bond acceptors (Lipinski definition) is 8. The molecule has 2 fully saturated rings. The minimum atomic E-state index is -0.561. The number of fused-ring (bicyclic) bond motifs is 2. The molecule has 4 aromatic heterocycles. The van der Waals surface area contributed by atoms with E-state index in [1.165, 1.54) is 0 Å². The van der Waals surface area contributed by atoms with E-state index in [0.29, 0.717) is 47.4 Å². The third-order valence-electron chi connectivity index (χ3n) is 8.27. The standard InChI is InChI=1S/C34H40N6O6/c1-33(2,3)45-31(41)39-11-7-9-23(39)29-35-17-21(37-29)27-15-19-13-26-20(14-25(19)43-27)16-28(44-26)22-18-36-30(38-22)24-10-8-12-40(24)32(42)46-34(4,5)6/h13-18,23-24H,7-12H2,1-6H3,(H,35,37)(H,36,38)/t23-,24-/m0/s1. The topological polar surface area (TPSA) is 143 Å². The zero-order valence-corrected chi connectivity index (χ0v) is 27.1. The summed E-state index contributed by atoms with van der Waals surface area (Å²) in [6.45, 7) is 12.5. The van der Waals surface area contributed by atoms with Crippen LogP contribution in [-0.2, 0) is 9.47 Å². The van der Waals surface area contributed by atoms with Crippen LogP contribution in [0.15, 0.2) is 45.5 Å². The summed E-state index contributed by atoms with van der Waals surface area (Å²) in [6.07, 6.45) is 6.22. The zero-order chi connectivity index (χ0) is 32.4. The SMILES string of the molecule is CC(C)(C)OC(=O)N1CCC[C@H]1c1ncc(-c2cc3cc4oc(-c5cnc([C@@H]6CCCN6C(=O)OC(C)(C)C)[nH]5)cc4cc3o2)[nH]1. The van der Waals surface area contributed by atoms with Crippen LogP contribution in [0, 0.1) is 0 Å². The summed E-state index contributed by atoms with van der Waals surface area (Å²) in [5, 5.41) is 1.78. The first kappa shape index (κ1) is 29.9. The van der Waals surface area contributed by atoms with E-state index in [9.17, 15) is 9.59 Å². The molecule has 0 saturated carbocycles. The minimum Gasteiger partial charge on any atom is -0.454 e. The molecule has 12 heteroatoms. The lowest BCUT2D eigenvalue weighted by Gasteiger charge is -2.27. The molecule has 6 heterocycles. The van der Waals surface area contributed by atoms with E-state index >= 15 is 0 Å². The Morgan fingerprint density at radius 3 is 1.52 bits per heavy atom. The highest BCUT2D eigenvalue weighted by Crippen LogP contribution is 2.37. The number of likely N-dealkylation sites (tertiary alicyclic amines) is 2. The van der Waals surface area contributed by atoms with Crippen molar-refractivity contribution in [1.29, 1.82) is 0 Å². The van der Waals surface area contributed by atoms with Gasteiger partial charge in [-0.2, -0.15) is 0 Å². The fraction of sp³-hybridized carbons (Fsp3) is 0.471. The summed E-state index contributed by atoms with van der Waals surface area (Å²) < 4.78 is 23.7. The maximum Gasteiger partial charge on any atom is 0.410 e. The summed E-state index contributed by atoms with van der Waals surface area (Å²) >= 11 is 0. The lowest BCUT2D eigenvalue weighted by Crippen LogP contribution is -2.36. The van der Waals surface area contributed by atoms with Gasteiger partial charge in [-0.25, -0.2) is 19.6 Å². The Morgan fingerprint density at radius 2 is 1.13 bits per heavy atom. The monoisotopic (exact) mass is 628 g/mol. The molecule has 7 rings (SSSR count). The van der Waals surface area contributed by atoms with E-state index in [0.717, 1.165) is 47.8 Å². The Bertz CT molecular complexity index is 1730. The average Bonchev–Trinajstić information content (AvgIpc) is 3.79. The largest absolute Gasteiger partial charge is 0.454 e. The Morgan fingerprint density at radius 1 is 0.717 bits per heavy atom. The predicted molar refractivity (Wildman–Crippen MR) is 171 cm³/mol. The van der Waals surface area contributed by atoms with Crippen LogP contribution in [0.2, 0.25) is 0 Å². The van der Waals surface area contributed by atoms with E-state index in [2.05, 4.69) is 19.9 Å². The number of aromatic amines is 2. The van der Waals surface area contributed by atoms with Gasteiger partial charge in [0.2, 0.25) is 0 Å². The molecule has 0 bridgehead atoms. The first-order chi connectivity index (χ1) is 21.8. The molecule has 5 aromatic rings. The third-order valence-corrected chi connectivity index (χ3v) is 8.27. The Balaban J connectivity index is 1.09. The lowest BCUT2D eigenvalue weighted by atomic mass is 10.2. The minimum absolute atomic E-state index is 0.175. The van der Waals surface area contributed by atoms with Crippen molar-refractivity contribution in [2.75, 3.05) is 13.1 Å². The summed E-state index contributed by atoms with van der Waals surface area (Å²) in [5.74, 6) is 2.71. The second kappa shape index (κ2) is 11.0. The number of carbonyl (C=O) groups is 2. The maximum atomic E-state index is 12.8. The smallest absolute Gasteiger partial charge is 0.410 e. The number of rotatable bonds is 4. The summed E-state index contributed by atoms with van der Waals surface area (Å²) in [6, 6.07) is 7.47. The number of benzene rings is 1. The van der Waals surface area contributed by atoms with Crippen LogP contribution in [0.4, 0.5) is 9.59 Å². The molecular weight excluding hydrogens is 588 g/mol. The molecule has 2 atom stereocenters. The highest BCUT2D eigenvalue weighted by molar-refractivity contribution is 5.96. The number of nitrogens with one attached hydrogen (secondary N) is 2. The maximum absolute atomic E-state index is 12.8. The normalized spacial score (nSPS) is 19.1. The number of furan rings is 2. The van der Waals surface area contributed by atoms with Gasteiger partial charge in [0, 0.05) is 23.9 Å². The van der Waals surface area contributed by atoms with E-state index in [4.69, 9.17) is 18.3 Å². The molecule has 46 heavy (non-hydrogen) atoms. The number of aromatic nitrogens is 4. The Kier molecular flexibility index (Phi) is 7.13. The van der Waals surface area contributed by atoms with Gasteiger partial charge in [-0.3, -0.25) is 9.80 Å². The average molecular weight is 629 g/mol. The lowest BCUT2D eigenvalue weighted by molar-refractivity contribution is 0.0208. The van der Waals surface area contributed by atoms with Gasteiger partial charge in [-0.05, 0) is 91.5 Å². The third kappa shape index (κ3) is 5.83. The van der Waals surface area contributed by atoms with Crippen molar-refractivity contribution in [1.82, 2.24) is 29.7 Å². The molecule has 242 valence electrons. The van der Waals surface area contributed by atoms with E-state index < -0.39 is 11.2 Å². The fourth-order valence-corrected chi connectivity index (χ4v) is 6.28. The zero-order valence-electron chi connectivity index (χ0n) is 27.1.